The summed E-state index contributed by atoms with van der Waals surface area (Å²) in [6.45, 7) is -0.123. The van der Waals surface area contributed by atoms with Gasteiger partial charge in [-0.3, -0.25) is 0 Å². The molecule has 1 amide bonds. The Morgan fingerprint density at radius 2 is 1.44 bits per heavy atom. The molecule has 0 aliphatic heterocycles. The zero-order chi connectivity index (χ0) is 22.9. The van der Waals surface area contributed by atoms with Crippen LogP contribution in [0.5, 0.6) is 0 Å². The third kappa shape index (κ3) is 4.16. The summed E-state index contributed by atoms with van der Waals surface area (Å²) in [6, 6.07) is 17.0. The maximum atomic E-state index is 13.6. The number of carboxylic acids is 1. The number of carbonyl (C=O) groups is 2. The van der Waals surface area contributed by atoms with Crippen molar-refractivity contribution < 1.29 is 32.6 Å². The third-order valence-electron chi connectivity index (χ3n) is 5.42. The normalized spacial score (nSPS) is 13.7. The van der Waals surface area contributed by atoms with Crippen molar-refractivity contribution in [2.75, 3.05) is 6.61 Å². The zero-order valence-electron chi connectivity index (χ0n) is 16.6. The maximum Gasteiger partial charge on any atom is 0.412 e. The van der Waals surface area contributed by atoms with Gasteiger partial charge in [0.15, 0.2) is 6.04 Å². The number of carboxylic acid groups (broad SMARTS) is 1. The fraction of sp³-hybridized carbons (Fsp3) is 0.167. The lowest BCUT2D eigenvalue weighted by molar-refractivity contribution is -0.156. The summed E-state index contributed by atoms with van der Waals surface area (Å²) in [5.74, 6) is -1.54. The summed E-state index contributed by atoms with van der Waals surface area (Å²) in [4.78, 5) is 23.2. The minimum Gasteiger partial charge on any atom is -0.478 e. The van der Waals surface area contributed by atoms with Gasteiger partial charge in [-0.1, -0.05) is 60.7 Å². The number of amides is 1. The fourth-order valence-electron chi connectivity index (χ4n) is 3.93. The van der Waals surface area contributed by atoms with Gasteiger partial charge in [-0.15, -0.1) is 0 Å². The molecule has 0 fully saturated rings. The highest BCUT2D eigenvalue weighted by Crippen LogP contribution is 2.44. The van der Waals surface area contributed by atoms with Gasteiger partial charge in [0.1, 0.15) is 6.61 Å². The largest absolute Gasteiger partial charge is 0.478 e. The van der Waals surface area contributed by atoms with E-state index in [-0.39, 0.29) is 23.7 Å². The quantitative estimate of drug-likeness (QED) is 0.546. The fourth-order valence-corrected chi connectivity index (χ4v) is 3.93. The molecule has 0 bridgehead atoms. The van der Waals surface area contributed by atoms with Gasteiger partial charge >= 0.3 is 18.2 Å². The van der Waals surface area contributed by atoms with Crippen LogP contribution in [0.1, 0.15) is 39.0 Å². The summed E-state index contributed by atoms with van der Waals surface area (Å²) in [5.41, 5.74) is 3.44. The first kappa shape index (κ1) is 21.4. The summed E-state index contributed by atoms with van der Waals surface area (Å²) >= 11 is 0. The Labute approximate surface area is 181 Å². The molecule has 4 rings (SSSR count). The van der Waals surface area contributed by atoms with E-state index in [0.717, 1.165) is 46.5 Å². The Bertz CT molecular complexity index is 1110. The summed E-state index contributed by atoms with van der Waals surface area (Å²) < 4.78 is 45.9. The number of rotatable bonds is 5. The maximum absolute atomic E-state index is 13.6. The molecule has 8 heteroatoms. The molecule has 3 aromatic rings. The number of alkyl carbamates (subject to hydrolysis) is 1. The van der Waals surface area contributed by atoms with Crippen molar-refractivity contribution in [1.29, 1.82) is 0 Å². The van der Waals surface area contributed by atoms with E-state index < -0.39 is 24.3 Å². The highest BCUT2D eigenvalue weighted by Gasteiger charge is 2.42. The van der Waals surface area contributed by atoms with Crippen LogP contribution in [-0.2, 0) is 4.74 Å². The highest BCUT2D eigenvalue weighted by atomic mass is 19.4. The molecule has 2 N–H and O–H groups in total. The Morgan fingerprint density at radius 3 is 1.94 bits per heavy atom. The van der Waals surface area contributed by atoms with E-state index in [1.54, 1.807) is 0 Å². The number of carbonyl (C=O) groups excluding carboxylic acids is 1. The van der Waals surface area contributed by atoms with Crippen molar-refractivity contribution in [3.05, 3.63) is 95.1 Å². The molecule has 1 aliphatic rings. The smallest absolute Gasteiger partial charge is 0.412 e. The van der Waals surface area contributed by atoms with Crippen LogP contribution >= 0.6 is 0 Å². The van der Waals surface area contributed by atoms with Crippen LogP contribution in [0.3, 0.4) is 0 Å². The predicted molar refractivity (Wildman–Crippen MR) is 110 cm³/mol. The van der Waals surface area contributed by atoms with Gasteiger partial charge in [-0.25, -0.2) is 9.59 Å². The van der Waals surface area contributed by atoms with E-state index in [1.165, 1.54) is 0 Å². The van der Waals surface area contributed by atoms with Gasteiger partial charge in [0.05, 0.1) is 5.56 Å². The van der Waals surface area contributed by atoms with Crippen LogP contribution in [0.4, 0.5) is 18.0 Å². The van der Waals surface area contributed by atoms with Crippen molar-refractivity contribution in [3.63, 3.8) is 0 Å². The first-order chi connectivity index (χ1) is 15.3. The topological polar surface area (TPSA) is 75.6 Å². The van der Waals surface area contributed by atoms with Crippen LogP contribution in [0.25, 0.3) is 11.1 Å². The van der Waals surface area contributed by atoms with E-state index in [1.807, 2.05) is 53.8 Å². The van der Waals surface area contributed by atoms with Gasteiger partial charge in [0.25, 0.3) is 0 Å². The molecule has 0 radical (unpaired) electrons. The van der Waals surface area contributed by atoms with Crippen molar-refractivity contribution in [2.45, 2.75) is 18.1 Å². The molecule has 0 spiro atoms. The van der Waals surface area contributed by atoms with Gasteiger partial charge in [-0.05, 0) is 39.9 Å². The molecule has 0 aromatic heterocycles. The average Bonchev–Trinajstić information content (AvgIpc) is 3.09. The second-order valence-electron chi connectivity index (χ2n) is 7.37. The molecule has 1 atom stereocenters. The lowest BCUT2D eigenvalue weighted by Crippen LogP contribution is -2.38. The standard InChI is InChI=1S/C24H18F3NO4/c25-24(26,27)21(14-9-11-15(12-10-14)22(29)30)28-23(31)32-13-20-18-7-3-1-5-16(18)17-6-2-4-8-19(17)20/h1-12,20-21H,13H2,(H,28,31)(H,29,30). The lowest BCUT2D eigenvalue weighted by Gasteiger charge is -2.22. The van der Waals surface area contributed by atoms with Crippen LogP contribution in [-0.4, -0.2) is 30.0 Å². The predicted octanol–water partition coefficient (Wildman–Crippen LogP) is 5.53. The number of hydrogen-bond donors (Lipinski definition) is 2. The van der Waals surface area contributed by atoms with E-state index >= 15 is 0 Å². The number of nitrogens with one attached hydrogen (secondary N) is 1. The Morgan fingerprint density at radius 1 is 0.906 bits per heavy atom. The first-order valence-electron chi connectivity index (χ1n) is 9.77. The van der Waals surface area contributed by atoms with E-state index in [0.29, 0.717) is 0 Å². The number of hydrogen-bond acceptors (Lipinski definition) is 3. The van der Waals surface area contributed by atoms with E-state index in [9.17, 15) is 22.8 Å². The summed E-state index contributed by atoms with van der Waals surface area (Å²) in [6.07, 6.45) is -6.01. The monoisotopic (exact) mass is 441 g/mol. The zero-order valence-corrected chi connectivity index (χ0v) is 16.6. The van der Waals surface area contributed by atoms with Crippen LogP contribution < -0.4 is 5.32 Å². The number of halogens is 3. The molecule has 0 saturated heterocycles. The molecule has 5 nitrogen and oxygen atoms in total. The third-order valence-corrected chi connectivity index (χ3v) is 5.42. The van der Waals surface area contributed by atoms with Gasteiger partial charge in [0.2, 0.25) is 0 Å². The average molecular weight is 441 g/mol. The molecule has 0 heterocycles. The van der Waals surface area contributed by atoms with Crippen LogP contribution in [0, 0.1) is 0 Å². The molecule has 164 valence electrons. The number of ether oxygens (including phenoxy) is 1. The minimum absolute atomic E-state index is 0.123. The molecule has 0 saturated carbocycles. The van der Waals surface area contributed by atoms with E-state index in [4.69, 9.17) is 9.84 Å². The van der Waals surface area contributed by atoms with Crippen molar-refractivity contribution in [2.24, 2.45) is 0 Å². The Kier molecular flexibility index (Phi) is 5.61. The molecule has 3 aromatic carbocycles. The second-order valence-corrected chi connectivity index (χ2v) is 7.37. The highest BCUT2D eigenvalue weighted by molar-refractivity contribution is 5.87. The minimum atomic E-state index is -4.80. The molecule has 1 aliphatic carbocycles. The van der Waals surface area contributed by atoms with Crippen molar-refractivity contribution in [1.82, 2.24) is 5.32 Å². The Hall–Kier alpha value is -3.81. The van der Waals surface area contributed by atoms with E-state index in [2.05, 4.69) is 0 Å². The van der Waals surface area contributed by atoms with Crippen LogP contribution in [0.2, 0.25) is 0 Å². The Balaban J connectivity index is 1.49. The first-order valence-corrected chi connectivity index (χ1v) is 9.77. The number of aromatic carboxylic acids is 1. The molecular weight excluding hydrogens is 423 g/mol. The van der Waals surface area contributed by atoms with Crippen LogP contribution in [0.15, 0.2) is 72.8 Å². The number of alkyl halides is 3. The summed E-state index contributed by atoms with van der Waals surface area (Å²) in [5, 5.41) is 10.8. The summed E-state index contributed by atoms with van der Waals surface area (Å²) in [7, 11) is 0. The number of fused-ring (bicyclic) bond motifs is 3. The van der Waals surface area contributed by atoms with Crippen molar-refractivity contribution in [3.8, 4) is 11.1 Å². The van der Waals surface area contributed by atoms with Gasteiger partial charge in [-0.2, -0.15) is 13.2 Å². The van der Waals surface area contributed by atoms with Crippen molar-refractivity contribution >= 4 is 12.1 Å². The molecule has 32 heavy (non-hydrogen) atoms. The second kappa shape index (κ2) is 8.37. The van der Waals surface area contributed by atoms with Gasteiger partial charge in [0, 0.05) is 5.92 Å². The molecular formula is C24H18F3NO4. The number of benzene rings is 3. The lowest BCUT2D eigenvalue weighted by atomic mass is 9.98. The van der Waals surface area contributed by atoms with Gasteiger partial charge < -0.3 is 15.2 Å². The SMILES string of the molecule is O=C(NC(c1ccc(C(=O)O)cc1)C(F)(F)F)OCC1c2ccccc2-c2ccccc21. The molecule has 1 unspecified atom stereocenters.